The van der Waals surface area contributed by atoms with Gasteiger partial charge in [-0.15, -0.1) is 19.0 Å². The van der Waals surface area contributed by atoms with E-state index in [-0.39, 0.29) is 12.4 Å². The molecular weight excluding hydrogens is 254 g/mol. The van der Waals surface area contributed by atoms with Gasteiger partial charge in [-0.3, -0.25) is 0 Å². The van der Waals surface area contributed by atoms with E-state index in [0.29, 0.717) is 0 Å². The molecular formula is C17H36ClN. The summed E-state index contributed by atoms with van der Waals surface area (Å²) in [5.74, 6) is 0. The molecule has 0 amide bonds. The van der Waals surface area contributed by atoms with Gasteiger partial charge in [-0.05, 0) is 20.0 Å². The van der Waals surface area contributed by atoms with Gasteiger partial charge in [-0.1, -0.05) is 77.2 Å². The standard InChI is InChI=1S/C17H35N.ClH/c1-4-6-7-8-9-10-11-12-13-14-15-17-18(3)16-5-2;/h5H,2,4,6-17H2,1,3H3;1H. The summed E-state index contributed by atoms with van der Waals surface area (Å²) in [6.07, 6.45) is 17.7. The van der Waals surface area contributed by atoms with Gasteiger partial charge in [0, 0.05) is 6.54 Å². The van der Waals surface area contributed by atoms with Crippen LogP contribution in [0, 0.1) is 0 Å². The summed E-state index contributed by atoms with van der Waals surface area (Å²) >= 11 is 0. The van der Waals surface area contributed by atoms with Crippen LogP contribution in [0.3, 0.4) is 0 Å². The van der Waals surface area contributed by atoms with Gasteiger partial charge in [0.2, 0.25) is 0 Å². The molecule has 0 bridgehead atoms. The first kappa shape index (κ1) is 21.3. The molecule has 0 unspecified atom stereocenters. The first-order valence-electron chi connectivity index (χ1n) is 8.10. The zero-order valence-electron chi connectivity index (χ0n) is 13.3. The molecule has 0 heterocycles. The van der Waals surface area contributed by atoms with Gasteiger partial charge in [-0.2, -0.15) is 0 Å². The molecule has 2 heteroatoms. The number of hydrogen-bond acceptors (Lipinski definition) is 1. The van der Waals surface area contributed by atoms with E-state index >= 15 is 0 Å². The lowest BCUT2D eigenvalue weighted by Crippen LogP contribution is -2.19. The topological polar surface area (TPSA) is 3.24 Å². The minimum atomic E-state index is 0. The van der Waals surface area contributed by atoms with E-state index in [2.05, 4.69) is 25.5 Å². The van der Waals surface area contributed by atoms with Gasteiger partial charge < -0.3 is 4.90 Å². The molecule has 0 radical (unpaired) electrons. The Balaban J connectivity index is 0. The van der Waals surface area contributed by atoms with E-state index in [4.69, 9.17) is 0 Å². The number of halogens is 1. The average Bonchev–Trinajstić information content (AvgIpc) is 2.36. The Labute approximate surface area is 128 Å². The second-order valence-corrected chi connectivity index (χ2v) is 5.59. The van der Waals surface area contributed by atoms with Crippen molar-refractivity contribution < 1.29 is 0 Å². The Bertz CT molecular complexity index is 171. The monoisotopic (exact) mass is 289 g/mol. The average molecular weight is 290 g/mol. The third kappa shape index (κ3) is 18.0. The number of likely N-dealkylation sites (N-methyl/N-ethyl adjacent to an activating group) is 1. The third-order valence-corrected chi connectivity index (χ3v) is 3.58. The summed E-state index contributed by atoms with van der Waals surface area (Å²) in [7, 11) is 2.18. The highest BCUT2D eigenvalue weighted by molar-refractivity contribution is 5.85. The summed E-state index contributed by atoms with van der Waals surface area (Å²) in [6, 6.07) is 0. The Morgan fingerprint density at radius 2 is 1.21 bits per heavy atom. The molecule has 0 rings (SSSR count). The molecule has 0 aromatic heterocycles. The van der Waals surface area contributed by atoms with E-state index in [0.717, 1.165) is 6.54 Å². The van der Waals surface area contributed by atoms with E-state index < -0.39 is 0 Å². The smallest absolute Gasteiger partial charge is 0.0157 e. The molecule has 0 aliphatic carbocycles. The number of rotatable bonds is 14. The summed E-state index contributed by atoms with van der Waals surface area (Å²) in [6.45, 7) is 8.30. The van der Waals surface area contributed by atoms with E-state index in [1.54, 1.807) is 0 Å². The maximum absolute atomic E-state index is 3.76. The second kappa shape index (κ2) is 18.0. The normalized spacial score (nSPS) is 10.5. The highest BCUT2D eigenvalue weighted by Crippen LogP contribution is 2.11. The van der Waals surface area contributed by atoms with Crippen molar-refractivity contribution in [2.75, 3.05) is 20.1 Å². The van der Waals surface area contributed by atoms with Gasteiger partial charge in [0.1, 0.15) is 0 Å². The quantitative estimate of drug-likeness (QED) is 0.287. The van der Waals surface area contributed by atoms with Gasteiger partial charge in [0.05, 0.1) is 0 Å². The van der Waals surface area contributed by atoms with E-state index in [1.807, 2.05) is 6.08 Å². The molecule has 0 N–H and O–H groups in total. The van der Waals surface area contributed by atoms with Crippen LogP contribution in [0.25, 0.3) is 0 Å². The van der Waals surface area contributed by atoms with Crippen molar-refractivity contribution in [2.45, 2.75) is 77.6 Å². The first-order valence-corrected chi connectivity index (χ1v) is 8.10. The van der Waals surface area contributed by atoms with Crippen LogP contribution in [0.1, 0.15) is 77.6 Å². The Morgan fingerprint density at radius 1 is 0.789 bits per heavy atom. The summed E-state index contributed by atoms with van der Waals surface area (Å²) in [4.78, 5) is 2.35. The van der Waals surface area contributed by atoms with Gasteiger partial charge >= 0.3 is 0 Å². The zero-order valence-corrected chi connectivity index (χ0v) is 14.1. The lowest BCUT2D eigenvalue weighted by atomic mass is 10.1. The molecule has 0 aliphatic heterocycles. The fraction of sp³-hybridized carbons (Fsp3) is 0.882. The first-order chi connectivity index (χ1) is 8.81. The molecule has 0 aromatic rings. The molecule has 19 heavy (non-hydrogen) atoms. The summed E-state index contributed by atoms with van der Waals surface area (Å²) in [5, 5.41) is 0. The highest BCUT2D eigenvalue weighted by atomic mass is 35.5. The maximum atomic E-state index is 3.76. The van der Waals surface area contributed by atoms with Gasteiger partial charge in [0.15, 0.2) is 0 Å². The Hall–Kier alpha value is -0.0100. The Kier molecular flexibility index (Phi) is 20.2. The van der Waals surface area contributed by atoms with E-state index in [1.165, 1.54) is 77.2 Å². The fourth-order valence-corrected chi connectivity index (χ4v) is 2.36. The third-order valence-electron chi connectivity index (χ3n) is 3.58. The van der Waals surface area contributed by atoms with Crippen LogP contribution in [-0.2, 0) is 0 Å². The maximum Gasteiger partial charge on any atom is 0.0157 e. The van der Waals surface area contributed by atoms with Crippen LogP contribution in [-0.4, -0.2) is 25.0 Å². The van der Waals surface area contributed by atoms with Crippen LogP contribution in [0.15, 0.2) is 12.7 Å². The fourth-order valence-electron chi connectivity index (χ4n) is 2.36. The molecule has 1 nitrogen and oxygen atoms in total. The van der Waals surface area contributed by atoms with Crippen molar-refractivity contribution in [3.63, 3.8) is 0 Å². The van der Waals surface area contributed by atoms with Crippen molar-refractivity contribution in [1.29, 1.82) is 0 Å². The van der Waals surface area contributed by atoms with Crippen molar-refractivity contribution >= 4 is 12.4 Å². The van der Waals surface area contributed by atoms with Crippen LogP contribution < -0.4 is 0 Å². The predicted molar refractivity (Wildman–Crippen MR) is 91.4 cm³/mol. The van der Waals surface area contributed by atoms with Gasteiger partial charge in [0.25, 0.3) is 0 Å². The minimum Gasteiger partial charge on any atom is -0.303 e. The lowest BCUT2D eigenvalue weighted by molar-refractivity contribution is 0.356. The molecule has 0 saturated carbocycles. The lowest BCUT2D eigenvalue weighted by Gasteiger charge is -2.13. The van der Waals surface area contributed by atoms with Crippen molar-refractivity contribution in [3.8, 4) is 0 Å². The Morgan fingerprint density at radius 3 is 1.63 bits per heavy atom. The molecule has 0 saturated heterocycles. The SMILES string of the molecule is C=CCN(C)CCCCCCCCCCCCC.Cl. The largest absolute Gasteiger partial charge is 0.303 e. The molecule has 0 fully saturated rings. The molecule has 0 aromatic carbocycles. The molecule has 0 atom stereocenters. The van der Waals surface area contributed by atoms with Gasteiger partial charge in [-0.25, -0.2) is 0 Å². The second-order valence-electron chi connectivity index (χ2n) is 5.59. The van der Waals surface area contributed by atoms with Crippen LogP contribution in [0.2, 0.25) is 0 Å². The van der Waals surface area contributed by atoms with Crippen LogP contribution >= 0.6 is 12.4 Å². The minimum absolute atomic E-state index is 0. The zero-order chi connectivity index (χ0) is 13.5. The van der Waals surface area contributed by atoms with E-state index in [9.17, 15) is 0 Å². The van der Waals surface area contributed by atoms with Crippen molar-refractivity contribution in [3.05, 3.63) is 12.7 Å². The summed E-state index contributed by atoms with van der Waals surface area (Å²) in [5.41, 5.74) is 0. The van der Waals surface area contributed by atoms with Crippen molar-refractivity contribution in [2.24, 2.45) is 0 Å². The number of hydrogen-bond donors (Lipinski definition) is 0. The number of nitrogens with zero attached hydrogens (tertiary/aromatic N) is 1. The van der Waals surface area contributed by atoms with Crippen molar-refractivity contribution in [1.82, 2.24) is 4.90 Å². The molecule has 116 valence electrons. The predicted octanol–water partition coefficient (Wildman–Crippen LogP) is 5.84. The molecule has 0 aliphatic rings. The number of unbranched alkanes of at least 4 members (excludes halogenated alkanes) is 10. The summed E-state index contributed by atoms with van der Waals surface area (Å²) < 4.78 is 0. The highest BCUT2D eigenvalue weighted by Gasteiger charge is 1.96. The van der Waals surface area contributed by atoms with Crippen LogP contribution in [0.4, 0.5) is 0 Å². The molecule has 0 spiro atoms. The van der Waals surface area contributed by atoms with Crippen LogP contribution in [0.5, 0.6) is 0 Å².